The fourth-order valence-corrected chi connectivity index (χ4v) is 11.5. The van der Waals surface area contributed by atoms with Crippen LogP contribution in [0, 0.1) is 0 Å². The largest absolute Gasteiger partial charge is 0.433 e. The van der Waals surface area contributed by atoms with E-state index in [4.69, 9.17) is 40.1 Å². The highest BCUT2D eigenvalue weighted by Gasteiger charge is 2.34. The maximum absolute atomic E-state index is 13.3. The van der Waals surface area contributed by atoms with E-state index < -0.39 is 11.9 Å². The van der Waals surface area contributed by atoms with Crippen molar-refractivity contribution in [3.05, 3.63) is 218 Å². The van der Waals surface area contributed by atoms with Crippen LogP contribution in [0.4, 0.5) is 30.2 Å². The lowest BCUT2D eigenvalue weighted by Crippen LogP contribution is -2.21. The van der Waals surface area contributed by atoms with Gasteiger partial charge in [-0.05, 0) is 126 Å². The molecule has 0 radical (unpaired) electrons. The number of fused-ring (bicyclic) bond motifs is 6. The zero-order valence-electron chi connectivity index (χ0n) is 52.6. The number of nitrogens with zero attached hydrogens (tertiary/aromatic N) is 18. The number of para-hydroxylation sites is 1. The van der Waals surface area contributed by atoms with Crippen LogP contribution >= 0.6 is 0 Å². The number of hydrogen-bond acceptors (Lipinski definition) is 15. The molecule has 0 amide bonds. The second kappa shape index (κ2) is 26.7. The Labute approximate surface area is 539 Å². The highest BCUT2D eigenvalue weighted by Crippen LogP contribution is 2.35. The summed E-state index contributed by atoms with van der Waals surface area (Å²) in [5.41, 5.74) is 16.7. The summed E-state index contributed by atoms with van der Waals surface area (Å²) in [6, 6.07) is 64.6. The predicted molar refractivity (Wildman–Crippen MR) is 368 cm³/mol. The molecule has 8 heterocycles. The van der Waals surface area contributed by atoms with E-state index in [0.717, 1.165) is 147 Å². The van der Waals surface area contributed by atoms with Gasteiger partial charge in [-0.25, -0.2) is 49.5 Å². The Morgan fingerprint density at radius 1 is 0.340 bits per heavy atom. The first-order valence-electron chi connectivity index (χ1n) is 31.4. The standard InChI is InChI=1S/C25H23N5.C24H20F3N7.C24H22N6/c1-3-29(4-2)20-15-16-21-22(17-20)27-25-24(26-21)23(18-11-7-5-8-12-18)28-30(25)19-13-9-6-10-14-19;1-3-33(4-2)16-10-11-17-18(14-16)30-22-21(29-17)20(15-8-6-5-7-9-15)32-34(22)23-28-13-12-19(31-23)24(25,26)27;1-3-29(4-2)18-13-14-19-20(16-18)27-24-23(26-19)22(17-10-6-5-7-11-17)28-30(24)21-12-8-9-15-25-21/h5-17H,3-4H2,1-2H3;5-14H,3-4H2,1-2H3;5-16H,3-4H2,1-2H3. The lowest BCUT2D eigenvalue weighted by atomic mass is 10.1. The molecule has 0 bridgehead atoms. The minimum atomic E-state index is -4.61. The van der Waals surface area contributed by atoms with Crippen molar-refractivity contribution in [3.63, 3.8) is 0 Å². The summed E-state index contributed by atoms with van der Waals surface area (Å²) in [4.78, 5) is 48.5. The zero-order chi connectivity index (χ0) is 64.9. The zero-order valence-corrected chi connectivity index (χ0v) is 52.6. The van der Waals surface area contributed by atoms with Crippen LogP contribution in [0.2, 0.25) is 0 Å². The third-order valence-electron chi connectivity index (χ3n) is 16.3. The van der Waals surface area contributed by atoms with E-state index in [1.807, 2.05) is 156 Å². The summed E-state index contributed by atoms with van der Waals surface area (Å²) in [6.45, 7) is 18.2. The summed E-state index contributed by atoms with van der Waals surface area (Å²) in [6.07, 6.45) is -1.79. The van der Waals surface area contributed by atoms with Gasteiger partial charge in [0.2, 0.25) is 0 Å². The molecule has 0 N–H and O–H groups in total. The first-order valence-corrected chi connectivity index (χ1v) is 31.4. The molecule has 15 rings (SSSR count). The second-order valence-corrected chi connectivity index (χ2v) is 21.9. The first kappa shape index (κ1) is 61.3. The van der Waals surface area contributed by atoms with Crippen LogP contribution < -0.4 is 14.7 Å². The van der Waals surface area contributed by atoms with Crippen molar-refractivity contribution < 1.29 is 13.2 Å². The normalized spacial score (nSPS) is 11.5. The third-order valence-corrected chi connectivity index (χ3v) is 16.3. The molecule has 0 fully saturated rings. The molecule has 0 aliphatic heterocycles. The van der Waals surface area contributed by atoms with Gasteiger partial charge >= 0.3 is 6.18 Å². The molecule has 0 saturated carbocycles. The van der Waals surface area contributed by atoms with Gasteiger partial charge in [0.1, 0.15) is 39.3 Å². The molecule has 0 aliphatic carbocycles. The molecule has 8 aromatic heterocycles. The molecule has 0 unspecified atom stereocenters. The molecule has 15 aromatic rings. The molecule has 468 valence electrons. The fraction of sp³-hybridized carbons (Fsp3) is 0.178. The van der Waals surface area contributed by atoms with E-state index in [-0.39, 0.29) is 11.6 Å². The van der Waals surface area contributed by atoms with Crippen LogP contribution in [-0.4, -0.2) is 113 Å². The maximum Gasteiger partial charge on any atom is 0.433 e. The molecule has 21 heteroatoms. The Balaban J connectivity index is 0.000000128. The summed E-state index contributed by atoms with van der Waals surface area (Å²) >= 11 is 0. The topological polar surface area (TPSA) is 179 Å². The molecule has 18 nitrogen and oxygen atoms in total. The number of pyridine rings is 1. The highest BCUT2D eigenvalue weighted by atomic mass is 19.4. The minimum Gasteiger partial charge on any atom is -0.372 e. The Kier molecular flexibility index (Phi) is 17.4. The smallest absolute Gasteiger partial charge is 0.372 e. The van der Waals surface area contributed by atoms with E-state index >= 15 is 0 Å². The second-order valence-electron chi connectivity index (χ2n) is 21.9. The van der Waals surface area contributed by atoms with Crippen molar-refractivity contribution in [3.8, 4) is 51.2 Å². The molecular weight excluding hydrogens is 1190 g/mol. The Bertz CT molecular complexity index is 4900. The maximum atomic E-state index is 13.3. The predicted octanol–water partition coefficient (Wildman–Crippen LogP) is 15.6. The van der Waals surface area contributed by atoms with Gasteiger partial charge in [-0.1, -0.05) is 115 Å². The third kappa shape index (κ3) is 12.2. The van der Waals surface area contributed by atoms with E-state index in [2.05, 4.69) is 119 Å². The van der Waals surface area contributed by atoms with Crippen molar-refractivity contribution in [1.29, 1.82) is 0 Å². The van der Waals surface area contributed by atoms with Gasteiger partial charge < -0.3 is 14.7 Å². The SMILES string of the molecule is CCN(CC)c1ccc2nc3c(-c4ccccc4)nn(-c4ccccc4)c3nc2c1.CCN(CC)c1ccc2nc3c(-c4ccccc4)nn(-c4ccccn4)c3nc2c1.CCN(CC)c1ccc2nc3c(-c4ccccc4)nn(-c4nccc(C(F)(F)F)n4)c3nc2c1. The van der Waals surface area contributed by atoms with Crippen molar-refractivity contribution in [2.24, 2.45) is 0 Å². The minimum absolute atomic E-state index is 0.226. The van der Waals surface area contributed by atoms with Gasteiger partial charge in [-0.15, -0.1) is 0 Å². The number of aromatic nitrogens is 15. The Morgan fingerprint density at radius 3 is 1.11 bits per heavy atom. The quantitative estimate of drug-likeness (QED) is 0.0945. The molecule has 0 atom stereocenters. The average molecular weight is 1250 g/mol. The number of alkyl halides is 3. The molecule has 94 heavy (non-hydrogen) atoms. The van der Waals surface area contributed by atoms with Crippen molar-refractivity contribution in [1.82, 2.24) is 74.2 Å². The van der Waals surface area contributed by atoms with E-state index in [1.54, 1.807) is 10.9 Å². The van der Waals surface area contributed by atoms with Crippen LogP contribution in [0.3, 0.4) is 0 Å². The fourth-order valence-electron chi connectivity index (χ4n) is 11.5. The summed E-state index contributed by atoms with van der Waals surface area (Å²) in [5, 5.41) is 14.3. The molecule has 0 aliphatic rings. The van der Waals surface area contributed by atoms with Gasteiger partial charge in [-0.3, -0.25) is 0 Å². The van der Waals surface area contributed by atoms with Crippen LogP contribution in [0.5, 0.6) is 0 Å². The highest BCUT2D eigenvalue weighted by molar-refractivity contribution is 5.97. The van der Waals surface area contributed by atoms with E-state index in [1.165, 1.54) is 4.68 Å². The number of rotatable bonds is 15. The average Bonchev–Trinajstić information content (AvgIpc) is 1.61. The van der Waals surface area contributed by atoms with Crippen molar-refractivity contribution in [2.45, 2.75) is 47.7 Å². The first-order chi connectivity index (χ1) is 45.9. The molecule has 0 saturated heterocycles. The lowest BCUT2D eigenvalue weighted by molar-refractivity contribution is -0.141. The van der Waals surface area contributed by atoms with Crippen LogP contribution in [0.15, 0.2) is 213 Å². The Hall–Kier alpha value is -11.6. The molecule has 0 spiro atoms. The van der Waals surface area contributed by atoms with Crippen LogP contribution in [0.25, 0.3) is 118 Å². The van der Waals surface area contributed by atoms with E-state index in [9.17, 15) is 13.2 Å². The van der Waals surface area contributed by atoms with Crippen LogP contribution in [-0.2, 0) is 6.18 Å². The van der Waals surface area contributed by atoms with Gasteiger partial charge in [-0.2, -0.15) is 37.8 Å². The van der Waals surface area contributed by atoms with Crippen molar-refractivity contribution >= 4 is 83.7 Å². The summed E-state index contributed by atoms with van der Waals surface area (Å²) < 4.78 is 44.8. The van der Waals surface area contributed by atoms with Gasteiger partial charge in [0.05, 0.1) is 38.8 Å². The van der Waals surface area contributed by atoms with E-state index in [0.29, 0.717) is 27.9 Å². The Morgan fingerprint density at radius 2 is 0.713 bits per heavy atom. The molecule has 7 aromatic carbocycles. The van der Waals surface area contributed by atoms with Gasteiger partial charge in [0.25, 0.3) is 5.95 Å². The molecular formula is C73H65F3N18. The van der Waals surface area contributed by atoms with Crippen LogP contribution in [0.1, 0.15) is 47.2 Å². The number of benzene rings is 7. The lowest BCUT2D eigenvalue weighted by Gasteiger charge is -2.21. The summed E-state index contributed by atoms with van der Waals surface area (Å²) in [7, 11) is 0. The summed E-state index contributed by atoms with van der Waals surface area (Å²) in [5.74, 6) is 0.494. The van der Waals surface area contributed by atoms with Gasteiger partial charge in [0, 0.05) is 85.4 Å². The number of halogens is 3. The monoisotopic (exact) mass is 1250 g/mol. The number of anilines is 3. The van der Waals surface area contributed by atoms with Gasteiger partial charge in [0.15, 0.2) is 22.8 Å². The van der Waals surface area contributed by atoms with Crippen molar-refractivity contribution in [2.75, 3.05) is 54.0 Å². The number of hydrogen-bond donors (Lipinski definition) is 0.